The van der Waals surface area contributed by atoms with Gasteiger partial charge < -0.3 is 4.90 Å². The molecule has 286 valence electrons. The van der Waals surface area contributed by atoms with Gasteiger partial charge in [-0.05, 0) is 71.8 Å². The summed E-state index contributed by atoms with van der Waals surface area (Å²) in [5, 5.41) is 10.7. The van der Waals surface area contributed by atoms with Gasteiger partial charge in [0.05, 0.1) is 0 Å². The van der Waals surface area contributed by atoms with E-state index >= 15 is 0 Å². The molecule has 4 rings (SSSR count). The molecule has 0 bridgehead atoms. The number of hydrogen-bond donors (Lipinski definition) is 0. The van der Waals surface area contributed by atoms with E-state index in [4.69, 9.17) is 24.1 Å². The van der Waals surface area contributed by atoms with Gasteiger partial charge in [0, 0.05) is 11.5 Å². The maximum atomic E-state index is 10.7. The Morgan fingerprint density at radius 3 is 1.98 bits per heavy atom. The summed E-state index contributed by atoms with van der Waals surface area (Å²) < 4.78 is 7.17. The normalized spacial score (nSPS) is 20.9. The summed E-state index contributed by atoms with van der Waals surface area (Å²) >= 11 is -2.05. The quantitative estimate of drug-likeness (QED) is 0.115. The first-order valence-corrected chi connectivity index (χ1v) is 23.8. The second kappa shape index (κ2) is 16.6. The zero-order valence-electron chi connectivity index (χ0n) is 33.7. The molecule has 2 aromatic rings. The Labute approximate surface area is 322 Å². The van der Waals surface area contributed by atoms with E-state index in [0.717, 1.165) is 12.8 Å². The van der Waals surface area contributed by atoms with Gasteiger partial charge in [-0.2, -0.15) is 0 Å². The van der Waals surface area contributed by atoms with Crippen LogP contribution in [0, 0.1) is 34.4 Å². The van der Waals surface area contributed by atoms with Crippen LogP contribution in [0.3, 0.4) is 0 Å². The summed E-state index contributed by atoms with van der Waals surface area (Å²) in [6.07, 6.45) is 7.08. The average molecular weight is 828 g/mol. The molecule has 0 spiro atoms. The van der Waals surface area contributed by atoms with Crippen LogP contribution in [0.2, 0.25) is 0 Å². The Morgan fingerprint density at radius 2 is 1.53 bits per heavy atom. The number of likely N-dealkylation sites (tertiary alicyclic amines) is 1. The van der Waals surface area contributed by atoms with E-state index < -0.39 is 18.4 Å². The molecule has 0 radical (unpaired) electrons. The molecule has 0 aromatic heterocycles. The molecule has 2 aliphatic rings. The Bertz CT molecular complexity index is 1620. The minimum atomic E-state index is -2.05. The maximum absolute atomic E-state index is 10.7. The number of nitro groups is 1. The number of nitrogens with zero attached hydrogens (tertiary/aromatic N) is 2. The predicted octanol–water partition coefficient (Wildman–Crippen LogP) is 12.8. The third-order valence-electron chi connectivity index (χ3n) is 9.97. The summed E-state index contributed by atoms with van der Waals surface area (Å²) in [6, 6.07) is 11.8. The number of allylic oxidation sites excluding steroid dienone is 4. The molecule has 1 unspecified atom stereocenters. The molecule has 1 aliphatic heterocycles. The molecule has 1 saturated heterocycles. The van der Waals surface area contributed by atoms with E-state index in [2.05, 4.69) is 132 Å². The van der Waals surface area contributed by atoms with E-state index in [9.17, 15) is 10.1 Å². The van der Waals surface area contributed by atoms with Crippen molar-refractivity contribution in [3.8, 4) is 5.75 Å². The number of halogens is 2. The van der Waals surface area contributed by atoms with Gasteiger partial charge in [0.1, 0.15) is 0 Å². The van der Waals surface area contributed by atoms with Crippen LogP contribution >= 0.6 is 19.4 Å². The zero-order chi connectivity index (χ0) is 38.9. The molecule has 2 atom stereocenters. The summed E-state index contributed by atoms with van der Waals surface area (Å²) in [4.78, 5) is 12.9. The molecule has 1 fully saturated rings. The molecular weight excluding hydrogens is 764 g/mol. The number of non-ortho nitro benzene ring substituents is 1. The van der Waals surface area contributed by atoms with Crippen LogP contribution in [0.25, 0.3) is 0 Å². The second-order valence-electron chi connectivity index (χ2n) is 18.1. The van der Waals surface area contributed by atoms with E-state index in [-0.39, 0.29) is 33.6 Å². The fraction of sp³-hybridized carbons (Fsp3) is 0.581. The van der Waals surface area contributed by atoms with Gasteiger partial charge in [-0.25, -0.2) is 6.54 Å². The van der Waals surface area contributed by atoms with Crippen molar-refractivity contribution in [1.29, 1.82) is 0 Å². The van der Waals surface area contributed by atoms with Crippen LogP contribution in [0.15, 0.2) is 59.8 Å². The Balaban J connectivity index is 0.000000347. The van der Waals surface area contributed by atoms with Gasteiger partial charge >= 0.3 is 112 Å². The predicted molar refractivity (Wildman–Crippen MR) is 216 cm³/mol. The first-order chi connectivity index (χ1) is 23.3. The van der Waals surface area contributed by atoms with E-state index in [0.29, 0.717) is 29.1 Å². The molecule has 0 N–H and O–H groups in total. The van der Waals surface area contributed by atoms with Crippen molar-refractivity contribution < 1.29 is 23.2 Å². The topological polar surface area (TPSA) is 55.6 Å². The van der Waals surface area contributed by atoms with Crippen LogP contribution in [0.1, 0.15) is 139 Å². The molecule has 1 aliphatic carbocycles. The number of ether oxygens (including phenoxy) is 1. The Morgan fingerprint density at radius 1 is 0.961 bits per heavy atom. The molecule has 5 nitrogen and oxygen atoms in total. The van der Waals surface area contributed by atoms with Gasteiger partial charge in [0.15, 0.2) is 0 Å². The molecule has 0 saturated carbocycles. The van der Waals surface area contributed by atoms with E-state index in [1.54, 1.807) is 16.4 Å². The number of rotatable bonds is 8. The van der Waals surface area contributed by atoms with Crippen molar-refractivity contribution in [2.75, 3.05) is 0 Å². The van der Waals surface area contributed by atoms with Crippen molar-refractivity contribution in [1.82, 2.24) is 4.90 Å². The van der Waals surface area contributed by atoms with Crippen LogP contribution in [-0.4, -0.2) is 26.1 Å². The van der Waals surface area contributed by atoms with E-state index in [1.807, 2.05) is 13.8 Å². The minimum absolute atomic E-state index is 0.00252. The monoisotopic (exact) mass is 827 g/mol. The van der Waals surface area contributed by atoms with Crippen LogP contribution < -0.4 is 4.74 Å². The molecule has 1 heterocycles. The molecular formula is C43H63Cl2N2O3Ru-. The first-order valence-electron chi connectivity index (χ1n) is 18.3. The third-order valence-corrected chi connectivity index (χ3v) is 11.8. The number of nitro benzene ring substituents is 1. The van der Waals surface area contributed by atoms with Crippen molar-refractivity contribution in [3.05, 3.63) is 98.7 Å². The summed E-state index contributed by atoms with van der Waals surface area (Å²) in [5.41, 5.74) is 8.38. The Kier molecular flexibility index (Phi) is 14.1. The van der Waals surface area contributed by atoms with Gasteiger partial charge in [-0.3, -0.25) is 0 Å². The van der Waals surface area contributed by atoms with Crippen LogP contribution in [-0.2, 0) is 29.8 Å². The SMILES string of the molecule is CC(C)C1=C(N2[CH-]C(C)(c3cc(C(C)(C)C)cc(C(C)(C)C)c3)CC2(C)C)[C@H](C(C)C)CC=C1.CC(C)Oc1ccc([N+](=O)[O-])cc1[CH]=[Ru]([Cl])[Cl]. The van der Waals surface area contributed by atoms with Gasteiger partial charge in [-0.1, -0.05) is 112 Å². The number of benzene rings is 2. The summed E-state index contributed by atoms with van der Waals surface area (Å²) in [7, 11) is 11.6. The van der Waals surface area contributed by atoms with Crippen molar-refractivity contribution in [3.63, 3.8) is 0 Å². The van der Waals surface area contributed by atoms with Crippen molar-refractivity contribution in [2.24, 2.45) is 17.8 Å². The van der Waals surface area contributed by atoms with Gasteiger partial charge in [0.2, 0.25) is 0 Å². The average Bonchev–Trinajstić information content (AvgIpc) is 3.25. The fourth-order valence-corrected chi connectivity index (χ4v) is 8.99. The third kappa shape index (κ3) is 11.0. The first kappa shape index (κ1) is 43.4. The molecule has 8 heteroatoms. The second-order valence-corrected chi connectivity index (χ2v) is 23.9. The number of hydrogen-bond acceptors (Lipinski definition) is 4. The Hall–Kier alpha value is -2.01. The fourth-order valence-electron chi connectivity index (χ4n) is 7.20. The summed E-state index contributed by atoms with van der Waals surface area (Å²) in [5.74, 6) is 2.29. The molecule has 0 amide bonds. The molecule has 51 heavy (non-hydrogen) atoms. The standard InChI is InChI=1S/C33H52N.C10H11NO3.2ClH.Ru/c1-22(2)27-15-14-16-28(23(3)4)29(27)34-21-33(13,20-32(34,11)12)26-18-24(30(5,6)7)17-25(19-26)31(8,9)10;1-7(2)14-10-5-4-9(11(12)13)6-8(10)3;;;/h14-15,17-19,21-23,28H,16,20H2,1-13H3;3-7H,1-2H3;2*1H;/q-1;;;;+2/p-2/t28-,33?;;;;/m0..../s1. The van der Waals surface area contributed by atoms with Crippen molar-refractivity contribution >= 4 is 29.7 Å². The summed E-state index contributed by atoms with van der Waals surface area (Å²) in [6.45, 7) is 37.3. The van der Waals surface area contributed by atoms with Crippen molar-refractivity contribution in [2.45, 2.75) is 145 Å². The zero-order valence-corrected chi connectivity index (χ0v) is 37.0. The van der Waals surface area contributed by atoms with E-state index in [1.165, 1.54) is 34.4 Å². The van der Waals surface area contributed by atoms with Crippen LogP contribution in [0.4, 0.5) is 5.69 Å². The molecule has 2 aromatic carbocycles. The van der Waals surface area contributed by atoms with Gasteiger partial charge in [0.25, 0.3) is 0 Å². The van der Waals surface area contributed by atoms with Gasteiger partial charge in [-0.15, -0.1) is 5.41 Å². The van der Waals surface area contributed by atoms with Crippen LogP contribution in [0.5, 0.6) is 5.75 Å².